The number of fused-ring (bicyclic) bond motifs is 2. The van der Waals surface area contributed by atoms with Gasteiger partial charge >= 0.3 is 0 Å². The summed E-state index contributed by atoms with van der Waals surface area (Å²) in [4.78, 5) is 16.2. The van der Waals surface area contributed by atoms with Crippen LogP contribution >= 0.6 is 0 Å². The van der Waals surface area contributed by atoms with Crippen LogP contribution in [0.25, 0.3) is 22.3 Å². The van der Waals surface area contributed by atoms with Gasteiger partial charge in [0.1, 0.15) is 19.0 Å². The van der Waals surface area contributed by atoms with Crippen molar-refractivity contribution in [2.24, 2.45) is 0 Å². The van der Waals surface area contributed by atoms with Crippen molar-refractivity contribution in [1.29, 1.82) is 0 Å². The van der Waals surface area contributed by atoms with Crippen molar-refractivity contribution >= 4 is 16.7 Å². The summed E-state index contributed by atoms with van der Waals surface area (Å²) >= 11 is 0. The maximum Gasteiger partial charge on any atom is 0.163 e. The van der Waals surface area contributed by atoms with Crippen LogP contribution in [0.5, 0.6) is 11.5 Å². The van der Waals surface area contributed by atoms with Gasteiger partial charge in [-0.05, 0) is 48.9 Å². The van der Waals surface area contributed by atoms with E-state index in [9.17, 15) is 0 Å². The predicted molar refractivity (Wildman–Crippen MR) is 117 cm³/mol. The van der Waals surface area contributed by atoms with Crippen LogP contribution in [0.15, 0.2) is 67.0 Å². The lowest BCUT2D eigenvalue weighted by Crippen LogP contribution is -2.24. The summed E-state index contributed by atoms with van der Waals surface area (Å²) in [5.74, 6) is 3.20. The first-order chi connectivity index (χ1) is 14.8. The number of nitrogens with zero attached hydrogens (tertiary/aromatic N) is 4. The van der Waals surface area contributed by atoms with E-state index >= 15 is 0 Å². The summed E-state index contributed by atoms with van der Waals surface area (Å²) in [6, 6.07) is 18.1. The highest BCUT2D eigenvalue weighted by atomic mass is 16.6. The van der Waals surface area contributed by atoms with Crippen LogP contribution in [0.4, 0.5) is 5.82 Å². The molecule has 1 aliphatic heterocycles. The van der Waals surface area contributed by atoms with E-state index in [1.165, 1.54) is 0 Å². The third kappa shape index (κ3) is 3.52. The minimum absolute atomic E-state index is 0.582. The number of hydrogen-bond donors (Lipinski definition) is 0. The maximum atomic E-state index is 5.76. The van der Waals surface area contributed by atoms with Crippen molar-refractivity contribution in [2.45, 2.75) is 13.5 Å². The Hall–Kier alpha value is -3.67. The van der Waals surface area contributed by atoms with Gasteiger partial charge in [-0.1, -0.05) is 18.2 Å². The molecule has 5 rings (SSSR count). The Balaban J connectivity index is 1.56. The molecule has 1 aliphatic rings. The Morgan fingerprint density at radius 2 is 1.80 bits per heavy atom. The first kappa shape index (κ1) is 18.4. The first-order valence-corrected chi connectivity index (χ1v) is 10.1. The van der Waals surface area contributed by atoms with E-state index in [1.54, 1.807) is 12.4 Å². The van der Waals surface area contributed by atoms with E-state index in [0.29, 0.717) is 25.6 Å². The predicted octanol–water partition coefficient (Wildman–Crippen LogP) is 4.49. The Bertz CT molecular complexity index is 1180. The van der Waals surface area contributed by atoms with Crippen LogP contribution in [-0.2, 0) is 6.54 Å². The fourth-order valence-electron chi connectivity index (χ4n) is 3.67. The molecule has 6 nitrogen and oxygen atoms in total. The van der Waals surface area contributed by atoms with Crippen molar-refractivity contribution in [2.75, 3.05) is 24.7 Å². The molecule has 0 spiro atoms. The summed E-state index contributed by atoms with van der Waals surface area (Å²) in [5, 5.41) is 1.03. The Labute approximate surface area is 175 Å². The summed E-state index contributed by atoms with van der Waals surface area (Å²) in [6.07, 6.45) is 3.55. The molecule has 30 heavy (non-hydrogen) atoms. The fourth-order valence-corrected chi connectivity index (χ4v) is 3.67. The number of ether oxygens (including phenoxy) is 2. The van der Waals surface area contributed by atoms with Crippen molar-refractivity contribution in [1.82, 2.24) is 15.0 Å². The highest BCUT2D eigenvalue weighted by molar-refractivity contribution is 5.91. The van der Waals surface area contributed by atoms with Gasteiger partial charge in [-0.2, -0.15) is 0 Å². The second-order valence-electron chi connectivity index (χ2n) is 7.12. The van der Waals surface area contributed by atoms with E-state index < -0.39 is 0 Å². The third-order valence-corrected chi connectivity index (χ3v) is 5.16. The molecule has 0 unspecified atom stereocenters. The molecule has 0 N–H and O–H groups in total. The maximum absolute atomic E-state index is 5.76. The molecule has 2 aromatic heterocycles. The average molecular weight is 398 g/mol. The molecule has 0 amide bonds. The zero-order valence-corrected chi connectivity index (χ0v) is 16.8. The van der Waals surface area contributed by atoms with Crippen LogP contribution in [0, 0.1) is 0 Å². The van der Waals surface area contributed by atoms with Crippen molar-refractivity contribution in [3.05, 3.63) is 72.6 Å². The third-order valence-electron chi connectivity index (χ3n) is 5.16. The number of pyridine rings is 1. The van der Waals surface area contributed by atoms with Crippen molar-refractivity contribution in [3.63, 3.8) is 0 Å². The lowest BCUT2D eigenvalue weighted by Gasteiger charge is -2.25. The number of hydrogen-bond acceptors (Lipinski definition) is 6. The van der Waals surface area contributed by atoms with Gasteiger partial charge < -0.3 is 14.4 Å². The fraction of sp³-hybridized carbons (Fsp3) is 0.208. The number of para-hydroxylation sites is 1. The highest BCUT2D eigenvalue weighted by Gasteiger charge is 2.17. The number of benzene rings is 2. The number of rotatable bonds is 5. The normalized spacial score (nSPS) is 12.7. The van der Waals surface area contributed by atoms with E-state index in [0.717, 1.165) is 45.9 Å². The quantitative estimate of drug-likeness (QED) is 0.494. The second-order valence-corrected chi connectivity index (χ2v) is 7.12. The molecule has 3 heterocycles. The van der Waals surface area contributed by atoms with Gasteiger partial charge in [0, 0.05) is 36.4 Å². The molecular formula is C24H22N4O2. The largest absolute Gasteiger partial charge is 0.486 e. The molecule has 0 aliphatic carbocycles. The summed E-state index contributed by atoms with van der Waals surface area (Å²) in [6.45, 7) is 4.83. The van der Waals surface area contributed by atoms with E-state index in [2.05, 4.69) is 35.0 Å². The summed E-state index contributed by atoms with van der Waals surface area (Å²) in [5.41, 5.74) is 2.97. The Morgan fingerprint density at radius 3 is 2.63 bits per heavy atom. The molecule has 4 aromatic rings. The molecule has 0 radical (unpaired) electrons. The van der Waals surface area contributed by atoms with E-state index in [4.69, 9.17) is 19.4 Å². The lowest BCUT2D eigenvalue weighted by atomic mass is 10.1. The minimum atomic E-state index is 0.582. The topological polar surface area (TPSA) is 60.4 Å². The van der Waals surface area contributed by atoms with Crippen LogP contribution in [0.1, 0.15) is 12.5 Å². The molecule has 0 atom stereocenters. The van der Waals surface area contributed by atoms with Crippen LogP contribution < -0.4 is 14.4 Å². The average Bonchev–Trinajstić information content (AvgIpc) is 2.82. The van der Waals surface area contributed by atoms with E-state index in [1.807, 2.05) is 36.4 Å². The van der Waals surface area contributed by atoms with Gasteiger partial charge in [-0.15, -0.1) is 0 Å². The number of anilines is 1. The zero-order valence-electron chi connectivity index (χ0n) is 16.8. The molecule has 150 valence electrons. The molecule has 0 saturated carbocycles. The summed E-state index contributed by atoms with van der Waals surface area (Å²) < 4.78 is 11.4. The SMILES string of the molecule is CCN(Cc1ccc2c(c1)OCCO2)c1nc(-c2cccnc2)nc2ccccc12. The van der Waals surface area contributed by atoms with Gasteiger partial charge in [0.2, 0.25) is 0 Å². The number of aromatic nitrogens is 3. The molecule has 0 saturated heterocycles. The second kappa shape index (κ2) is 7.99. The van der Waals surface area contributed by atoms with Gasteiger partial charge in [-0.25, -0.2) is 9.97 Å². The van der Waals surface area contributed by atoms with Crippen molar-refractivity contribution < 1.29 is 9.47 Å². The van der Waals surface area contributed by atoms with Crippen molar-refractivity contribution in [3.8, 4) is 22.9 Å². The lowest BCUT2D eigenvalue weighted by molar-refractivity contribution is 0.171. The van der Waals surface area contributed by atoms with Gasteiger partial charge in [0.25, 0.3) is 0 Å². The van der Waals surface area contributed by atoms with E-state index in [-0.39, 0.29) is 0 Å². The van der Waals surface area contributed by atoms with Crippen LogP contribution in [0.2, 0.25) is 0 Å². The highest BCUT2D eigenvalue weighted by Crippen LogP contribution is 2.33. The van der Waals surface area contributed by atoms with Gasteiger partial charge in [0.15, 0.2) is 17.3 Å². The summed E-state index contributed by atoms with van der Waals surface area (Å²) in [7, 11) is 0. The van der Waals surface area contributed by atoms with Crippen LogP contribution in [-0.4, -0.2) is 34.7 Å². The standard InChI is InChI=1S/C24H22N4O2/c1-2-28(16-17-9-10-21-22(14-17)30-13-12-29-21)24-19-7-3-4-8-20(19)26-23(27-24)18-6-5-11-25-15-18/h3-11,14-15H,2,12-13,16H2,1H3. The zero-order chi connectivity index (χ0) is 20.3. The van der Waals surface area contributed by atoms with Gasteiger partial charge in [0.05, 0.1) is 5.52 Å². The molecule has 6 heteroatoms. The Morgan fingerprint density at radius 1 is 0.933 bits per heavy atom. The molecule has 0 fully saturated rings. The molecule has 0 bridgehead atoms. The molecular weight excluding hydrogens is 376 g/mol. The van der Waals surface area contributed by atoms with Gasteiger partial charge in [-0.3, -0.25) is 4.98 Å². The monoisotopic (exact) mass is 398 g/mol. The Kier molecular flexibility index (Phi) is 4.89. The first-order valence-electron chi connectivity index (χ1n) is 10.1. The molecule has 2 aromatic carbocycles. The van der Waals surface area contributed by atoms with Crippen LogP contribution in [0.3, 0.4) is 0 Å². The minimum Gasteiger partial charge on any atom is -0.486 e. The smallest absolute Gasteiger partial charge is 0.163 e.